The average Bonchev–Trinajstić information content (AvgIpc) is 2.59. The molecule has 0 saturated heterocycles. The number of hydrogen-bond acceptors (Lipinski definition) is 3. The third-order valence-electron chi connectivity index (χ3n) is 2.75. The molecule has 0 aliphatic carbocycles. The van der Waals surface area contributed by atoms with Crippen molar-refractivity contribution in [1.29, 1.82) is 0 Å². The fraction of sp³-hybridized carbons (Fsp3) is 0.692. The molecule has 1 aromatic rings. The topological polar surface area (TPSA) is 42.4 Å². The summed E-state index contributed by atoms with van der Waals surface area (Å²) in [7, 11) is 0. The molecular formula is C13H24N2O. The van der Waals surface area contributed by atoms with Gasteiger partial charge < -0.3 is 10.2 Å². The fourth-order valence-corrected chi connectivity index (χ4v) is 1.99. The molecule has 0 radical (unpaired) electrons. The van der Waals surface area contributed by atoms with E-state index in [1.54, 1.807) is 0 Å². The molecular weight excluding hydrogens is 200 g/mol. The first-order valence-corrected chi connectivity index (χ1v) is 6.21. The van der Waals surface area contributed by atoms with E-state index in [1.807, 2.05) is 6.92 Å². The Kier molecular flexibility index (Phi) is 5.56. The molecule has 92 valence electrons. The lowest BCUT2D eigenvalue weighted by atomic mass is 10.2. The minimum absolute atomic E-state index is 0.566. The second-order valence-corrected chi connectivity index (χ2v) is 4.27. The first kappa shape index (κ1) is 13.3. The summed E-state index contributed by atoms with van der Waals surface area (Å²) < 4.78 is 5.71. The number of nitrogens with two attached hydrogens (primary N) is 1. The highest BCUT2D eigenvalue weighted by Gasteiger charge is 2.09. The van der Waals surface area contributed by atoms with Gasteiger partial charge in [-0.1, -0.05) is 13.8 Å². The quantitative estimate of drug-likeness (QED) is 0.774. The molecule has 0 aliphatic heterocycles. The second-order valence-electron chi connectivity index (χ2n) is 4.27. The van der Waals surface area contributed by atoms with Crippen LogP contribution in [0.5, 0.6) is 0 Å². The zero-order chi connectivity index (χ0) is 12.0. The molecule has 3 heteroatoms. The molecule has 1 aromatic heterocycles. The lowest BCUT2D eigenvalue weighted by Gasteiger charge is -2.19. The third kappa shape index (κ3) is 3.65. The summed E-state index contributed by atoms with van der Waals surface area (Å²) in [5.41, 5.74) is 6.77. The van der Waals surface area contributed by atoms with Gasteiger partial charge in [-0.05, 0) is 38.9 Å². The summed E-state index contributed by atoms with van der Waals surface area (Å²) in [5, 5.41) is 0. The molecule has 1 rings (SSSR count). The van der Waals surface area contributed by atoms with Crippen LogP contribution in [-0.2, 0) is 13.1 Å². The number of rotatable bonds is 7. The third-order valence-corrected chi connectivity index (χ3v) is 2.75. The molecule has 0 spiro atoms. The Labute approximate surface area is 98.6 Å². The molecule has 16 heavy (non-hydrogen) atoms. The molecule has 2 N–H and O–H groups in total. The van der Waals surface area contributed by atoms with Gasteiger partial charge in [-0.2, -0.15) is 0 Å². The Balaban J connectivity index is 2.61. The summed E-state index contributed by atoms with van der Waals surface area (Å²) in [6, 6.07) is 2.09. The van der Waals surface area contributed by atoms with Crippen molar-refractivity contribution in [3.63, 3.8) is 0 Å². The molecule has 0 saturated carbocycles. The smallest absolute Gasteiger partial charge is 0.118 e. The standard InChI is InChI=1S/C13H24N2O/c1-4-6-15(7-5-2)10-13-8-12(9-14)11(3)16-13/h8H,4-7,9-10,14H2,1-3H3. The zero-order valence-corrected chi connectivity index (χ0v) is 10.8. The van der Waals surface area contributed by atoms with Gasteiger partial charge in [0.1, 0.15) is 11.5 Å². The van der Waals surface area contributed by atoms with Gasteiger partial charge in [0.05, 0.1) is 6.54 Å². The van der Waals surface area contributed by atoms with E-state index in [2.05, 4.69) is 24.8 Å². The Hall–Kier alpha value is -0.800. The van der Waals surface area contributed by atoms with Gasteiger partial charge in [0.15, 0.2) is 0 Å². The summed E-state index contributed by atoms with van der Waals surface area (Å²) in [6.07, 6.45) is 2.37. The maximum Gasteiger partial charge on any atom is 0.118 e. The van der Waals surface area contributed by atoms with E-state index in [-0.39, 0.29) is 0 Å². The van der Waals surface area contributed by atoms with E-state index >= 15 is 0 Å². The van der Waals surface area contributed by atoms with Crippen LogP contribution in [0.2, 0.25) is 0 Å². The van der Waals surface area contributed by atoms with Gasteiger partial charge in [0, 0.05) is 12.1 Å². The lowest BCUT2D eigenvalue weighted by molar-refractivity contribution is 0.243. The van der Waals surface area contributed by atoms with Gasteiger partial charge in [-0.25, -0.2) is 0 Å². The van der Waals surface area contributed by atoms with Gasteiger partial charge in [-0.3, -0.25) is 4.90 Å². The van der Waals surface area contributed by atoms with Crippen LogP contribution in [0, 0.1) is 6.92 Å². The highest BCUT2D eigenvalue weighted by Crippen LogP contribution is 2.16. The van der Waals surface area contributed by atoms with Crippen LogP contribution in [-0.4, -0.2) is 18.0 Å². The molecule has 0 amide bonds. The van der Waals surface area contributed by atoms with Crippen molar-refractivity contribution in [2.75, 3.05) is 13.1 Å². The van der Waals surface area contributed by atoms with Crippen molar-refractivity contribution >= 4 is 0 Å². The molecule has 0 bridgehead atoms. The van der Waals surface area contributed by atoms with E-state index in [9.17, 15) is 0 Å². The molecule has 0 aliphatic rings. The van der Waals surface area contributed by atoms with Crippen LogP contribution in [0.4, 0.5) is 0 Å². The molecule has 1 heterocycles. The van der Waals surface area contributed by atoms with E-state index in [4.69, 9.17) is 10.2 Å². The Morgan fingerprint density at radius 3 is 2.31 bits per heavy atom. The normalized spacial score (nSPS) is 11.3. The lowest BCUT2D eigenvalue weighted by Crippen LogP contribution is -2.24. The van der Waals surface area contributed by atoms with Crippen LogP contribution in [0.3, 0.4) is 0 Å². The summed E-state index contributed by atoms with van der Waals surface area (Å²) in [4.78, 5) is 2.43. The number of furan rings is 1. The highest BCUT2D eigenvalue weighted by molar-refractivity contribution is 5.20. The molecule has 0 aromatic carbocycles. The van der Waals surface area contributed by atoms with E-state index in [0.717, 1.165) is 36.7 Å². The van der Waals surface area contributed by atoms with Crippen LogP contribution >= 0.6 is 0 Å². The minimum atomic E-state index is 0.566. The average molecular weight is 224 g/mol. The second kappa shape index (κ2) is 6.71. The first-order chi connectivity index (χ1) is 7.71. The van der Waals surface area contributed by atoms with Crippen LogP contribution in [0.25, 0.3) is 0 Å². The summed E-state index contributed by atoms with van der Waals surface area (Å²) >= 11 is 0. The van der Waals surface area contributed by atoms with Crippen molar-refractivity contribution < 1.29 is 4.42 Å². The molecule has 0 unspecified atom stereocenters. The van der Waals surface area contributed by atoms with Crippen molar-refractivity contribution in [2.24, 2.45) is 5.73 Å². The Morgan fingerprint density at radius 2 is 1.88 bits per heavy atom. The highest BCUT2D eigenvalue weighted by atomic mass is 16.3. The zero-order valence-electron chi connectivity index (χ0n) is 10.8. The van der Waals surface area contributed by atoms with Gasteiger partial charge in [0.2, 0.25) is 0 Å². The van der Waals surface area contributed by atoms with E-state index < -0.39 is 0 Å². The fourth-order valence-electron chi connectivity index (χ4n) is 1.99. The maximum absolute atomic E-state index is 5.71. The van der Waals surface area contributed by atoms with Crippen molar-refractivity contribution in [3.05, 3.63) is 23.2 Å². The predicted molar refractivity (Wildman–Crippen MR) is 67.2 cm³/mol. The largest absolute Gasteiger partial charge is 0.465 e. The predicted octanol–water partition coefficient (Wildman–Crippen LogP) is 2.67. The number of aryl methyl sites for hydroxylation is 1. The number of hydrogen-bond donors (Lipinski definition) is 1. The van der Waals surface area contributed by atoms with Gasteiger partial charge >= 0.3 is 0 Å². The van der Waals surface area contributed by atoms with Crippen molar-refractivity contribution in [2.45, 2.75) is 46.7 Å². The SMILES string of the molecule is CCCN(CCC)Cc1cc(CN)c(C)o1. The molecule has 0 fully saturated rings. The van der Waals surface area contributed by atoms with Crippen LogP contribution in [0.15, 0.2) is 10.5 Å². The molecule has 3 nitrogen and oxygen atoms in total. The molecule has 0 atom stereocenters. The van der Waals surface area contributed by atoms with Crippen LogP contribution in [0.1, 0.15) is 43.8 Å². The summed E-state index contributed by atoms with van der Waals surface area (Å²) in [5.74, 6) is 2.00. The van der Waals surface area contributed by atoms with E-state index in [1.165, 1.54) is 12.8 Å². The van der Waals surface area contributed by atoms with Crippen LogP contribution < -0.4 is 5.73 Å². The van der Waals surface area contributed by atoms with E-state index in [0.29, 0.717) is 6.54 Å². The monoisotopic (exact) mass is 224 g/mol. The minimum Gasteiger partial charge on any atom is -0.465 e. The first-order valence-electron chi connectivity index (χ1n) is 6.21. The van der Waals surface area contributed by atoms with Crippen molar-refractivity contribution in [1.82, 2.24) is 4.90 Å². The Morgan fingerprint density at radius 1 is 1.25 bits per heavy atom. The van der Waals surface area contributed by atoms with Gasteiger partial charge in [-0.15, -0.1) is 0 Å². The summed E-state index contributed by atoms with van der Waals surface area (Å²) in [6.45, 7) is 10.1. The Bertz CT molecular complexity index is 301. The number of nitrogens with zero attached hydrogens (tertiary/aromatic N) is 1. The van der Waals surface area contributed by atoms with Crippen molar-refractivity contribution in [3.8, 4) is 0 Å². The maximum atomic E-state index is 5.71. The van der Waals surface area contributed by atoms with Gasteiger partial charge in [0.25, 0.3) is 0 Å².